The summed E-state index contributed by atoms with van der Waals surface area (Å²) in [7, 11) is 0. The van der Waals surface area contributed by atoms with Gasteiger partial charge in [-0.05, 0) is 31.2 Å². The van der Waals surface area contributed by atoms with E-state index in [1.807, 2.05) is 0 Å². The van der Waals surface area contributed by atoms with Gasteiger partial charge < -0.3 is 10.4 Å². The van der Waals surface area contributed by atoms with E-state index < -0.39 is 22.7 Å². The first-order valence-corrected chi connectivity index (χ1v) is 6.69. The number of carboxylic acid groups (broad SMARTS) is 1. The molecule has 116 valence electrons. The van der Waals surface area contributed by atoms with E-state index in [-0.39, 0.29) is 10.9 Å². The number of hydrogen-bond donors (Lipinski definition) is 2. The number of rotatable bonds is 4. The van der Waals surface area contributed by atoms with Gasteiger partial charge in [0.2, 0.25) is 0 Å². The molecule has 2 aromatic rings. The maximum absolute atomic E-state index is 12.7. The van der Waals surface area contributed by atoms with Crippen LogP contribution in [0.4, 0.5) is 24.0 Å². The first kappa shape index (κ1) is 16.0. The van der Waals surface area contributed by atoms with E-state index in [1.165, 1.54) is 31.2 Å². The number of halogens is 3. The van der Waals surface area contributed by atoms with Crippen LogP contribution in [0.2, 0.25) is 0 Å². The third-order valence-electron chi connectivity index (χ3n) is 2.63. The number of aromatic carboxylic acids is 1. The second-order valence-electron chi connectivity index (χ2n) is 4.26. The highest BCUT2D eigenvalue weighted by Gasteiger charge is 2.39. The third-order valence-corrected chi connectivity index (χ3v) is 3.59. The van der Waals surface area contributed by atoms with E-state index in [4.69, 9.17) is 5.11 Å². The number of carboxylic acids is 1. The Bertz CT molecular complexity index is 723. The summed E-state index contributed by atoms with van der Waals surface area (Å²) in [6, 6.07) is 5.99. The van der Waals surface area contributed by atoms with Gasteiger partial charge in [0.05, 0.1) is 0 Å². The molecule has 22 heavy (non-hydrogen) atoms. The van der Waals surface area contributed by atoms with Gasteiger partial charge in [0.1, 0.15) is 4.88 Å². The smallest absolute Gasteiger partial charge is 0.435 e. The van der Waals surface area contributed by atoms with Gasteiger partial charge in [-0.25, -0.2) is 9.78 Å². The monoisotopic (exact) mass is 330 g/mol. The van der Waals surface area contributed by atoms with Gasteiger partial charge in [-0.2, -0.15) is 13.2 Å². The Hall–Kier alpha value is -2.42. The van der Waals surface area contributed by atoms with Crippen LogP contribution in [0.15, 0.2) is 24.3 Å². The highest BCUT2D eigenvalue weighted by molar-refractivity contribution is 7.17. The highest BCUT2D eigenvalue weighted by Crippen LogP contribution is 2.36. The Morgan fingerprint density at radius 2 is 1.82 bits per heavy atom. The van der Waals surface area contributed by atoms with E-state index in [1.54, 1.807) is 0 Å². The van der Waals surface area contributed by atoms with Gasteiger partial charge in [0.25, 0.3) is 0 Å². The van der Waals surface area contributed by atoms with Crippen LogP contribution < -0.4 is 5.32 Å². The molecule has 0 saturated carbocycles. The summed E-state index contributed by atoms with van der Waals surface area (Å²) in [4.78, 5) is 24.4. The number of aromatic nitrogens is 1. The fraction of sp³-hybridized carbons (Fsp3) is 0.154. The summed E-state index contributed by atoms with van der Waals surface area (Å²) in [6.07, 6.45) is -4.84. The Morgan fingerprint density at radius 1 is 1.23 bits per heavy atom. The molecule has 0 spiro atoms. The van der Waals surface area contributed by atoms with Crippen LogP contribution in [0.3, 0.4) is 0 Å². The summed E-state index contributed by atoms with van der Waals surface area (Å²) < 4.78 is 38.2. The molecular formula is C13H9F3N2O3S. The number of benzene rings is 1. The van der Waals surface area contributed by atoms with Crippen molar-refractivity contribution in [1.29, 1.82) is 0 Å². The number of Topliss-reactive ketones (excluding diaryl/α,β-unsaturated/α-hetero) is 1. The molecule has 2 N–H and O–H groups in total. The number of carbonyl (C=O) groups excluding carboxylic acids is 1. The standard InChI is InChI=1S/C13H9F3N2O3S/c1-6(19)7-2-4-8(5-3-7)17-12-18-10(13(14,15)16)9(22-12)11(20)21/h2-5H,1H3,(H,17,18)(H,20,21). The molecule has 1 aromatic carbocycles. The van der Waals surface area contributed by atoms with E-state index in [9.17, 15) is 22.8 Å². The van der Waals surface area contributed by atoms with Gasteiger partial charge in [-0.3, -0.25) is 4.79 Å². The maximum Gasteiger partial charge on any atom is 0.435 e. The molecule has 5 nitrogen and oxygen atoms in total. The van der Waals surface area contributed by atoms with Crippen molar-refractivity contribution in [2.24, 2.45) is 0 Å². The van der Waals surface area contributed by atoms with Crippen LogP contribution in [0.25, 0.3) is 0 Å². The van der Waals surface area contributed by atoms with Crippen molar-refractivity contribution < 1.29 is 27.9 Å². The lowest BCUT2D eigenvalue weighted by Gasteiger charge is -2.04. The number of nitrogens with zero attached hydrogens (tertiary/aromatic N) is 1. The summed E-state index contributed by atoms with van der Waals surface area (Å²) >= 11 is 0.391. The average Bonchev–Trinajstić information content (AvgIpc) is 2.83. The normalized spacial score (nSPS) is 11.3. The molecule has 0 fully saturated rings. The van der Waals surface area contributed by atoms with Gasteiger partial charge >= 0.3 is 12.1 Å². The number of nitrogens with one attached hydrogen (secondary N) is 1. The van der Waals surface area contributed by atoms with Crippen LogP contribution >= 0.6 is 11.3 Å². The molecule has 1 aromatic heterocycles. The van der Waals surface area contributed by atoms with Gasteiger partial charge in [-0.1, -0.05) is 11.3 Å². The molecule has 0 aliphatic carbocycles. The Labute approximate surface area is 126 Å². The Morgan fingerprint density at radius 3 is 2.23 bits per heavy atom. The molecule has 9 heteroatoms. The molecule has 0 saturated heterocycles. The second kappa shape index (κ2) is 5.76. The molecule has 0 bridgehead atoms. The van der Waals surface area contributed by atoms with Crippen molar-refractivity contribution in [2.75, 3.05) is 5.32 Å². The van der Waals surface area contributed by atoms with Crippen molar-refractivity contribution in [3.63, 3.8) is 0 Å². The molecule has 2 rings (SSSR count). The summed E-state index contributed by atoms with van der Waals surface area (Å²) in [6.45, 7) is 1.39. The van der Waals surface area contributed by atoms with Crippen molar-refractivity contribution in [1.82, 2.24) is 4.98 Å². The fourth-order valence-corrected chi connectivity index (χ4v) is 2.47. The first-order valence-electron chi connectivity index (χ1n) is 5.88. The lowest BCUT2D eigenvalue weighted by molar-refractivity contribution is -0.141. The number of thiazole rings is 1. The summed E-state index contributed by atoms with van der Waals surface area (Å²) in [5, 5.41) is 11.2. The van der Waals surface area contributed by atoms with E-state index in [0.29, 0.717) is 22.6 Å². The number of carbonyl (C=O) groups is 2. The predicted molar refractivity (Wildman–Crippen MR) is 73.8 cm³/mol. The highest BCUT2D eigenvalue weighted by atomic mass is 32.1. The van der Waals surface area contributed by atoms with Crippen molar-refractivity contribution >= 4 is 33.9 Å². The largest absolute Gasteiger partial charge is 0.477 e. The second-order valence-corrected chi connectivity index (χ2v) is 5.26. The van der Waals surface area contributed by atoms with Crippen LogP contribution in [0.5, 0.6) is 0 Å². The van der Waals surface area contributed by atoms with Gasteiger partial charge in [0, 0.05) is 11.3 Å². The number of alkyl halides is 3. The zero-order chi connectivity index (χ0) is 16.5. The maximum atomic E-state index is 12.7. The fourth-order valence-electron chi connectivity index (χ4n) is 1.62. The van der Waals surface area contributed by atoms with E-state index in [2.05, 4.69) is 10.3 Å². The van der Waals surface area contributed by atoms with Gasteiger partial charge in [-0.15, -0.1) is 0 Å². The molecule has 0 aliphatic rings. The SMILES string of the molecule is CC(=O)c1ccc(Nc2nc(C(F)(F)F)c(C(=O)O)s2)cc1. The van der Waals surface area contributed by atoms with Crippen LogP contribution in [0.1, 0.15) is 32.6 Å². The number of anilines is 2. The molecule has 0 radical (unpaired) electrons. The molecule has 0 atom stereocenters. The lowest BCUT2D eigenvalue weighted by Crippen LogP contribution is -2.11. The lowest BCUT2D eigenvalue weighted by atomic mass is 10.1. The minimum Gasteiger partial charge on any atom is -0.477 e. The zero-order valence-corrected chi connectivity index (χ0v) is 11.9. The number of ketones is 1. The van der Waals surface area contributed by atoms with Crippen molar-refractivity contribution in [2.45, 2.75) is 13.1 Å². The topological polar surface area (TPSA) is 79.3 Å². The minimum absolute atomic E-state index is 0.145. The molecular weight excluding hydrogens is 321 g/mol. The number of hydrogen-bond acceptors (Lipinski definition) is 5. The molecule has 0 unspecified atom stereocenters. The van der Waals surface area contributed by atoms with Crippen LogP contribution in [0, 0.1) is 0 Å². The summed E-state index contributed by atoms with van der Waals surface area (Å²) in [5.41, 5.74) is -0.593. The Balaban J connectivity index is 2.30. The molecule has 1 heterocycles. The third kappa shape index (κ3) is 3.42. The quantitative estimate of drug-likeness (QED) is 0.834. The van der Waals surface area contributed by atoms with Crippen molar-refractivity contribution in [3.05, 3.63) is 40.4 Å². The average molecular weight is 330 g/mol. The zero-order valence-electron chi connectivity index (χ0n) is 11.1. The van der Waals surface area contributed by atoms with Crippen LogP contribution in [-0.2, 0) is 6.18 Å². The van der Waals surface area contributed by atoms with Gasteiger partial charge in [0.15, 0.2) is 16.6 Å². The predicted octanol–water partition coefficient (Wildman–Crippen LogP) is 3.81. The first-order chi connectivity index (χ1) is 10.2. The van der Waals surface area contributed by atoms with E-state index >= 15 is 0 Å². The van der Waals surface area contributed by atoms with E-state index in [0.717, 1.165) is 0 Å². The summed E-state index contributed by atoms with van der Waals surface area (Å²) in [5.74, 6) is -1.84. The molecule has 0 amide bonds. The Kier molecular flexibility index (Phi) is 4.18. The van der Waals surface area contributed by atoms with Crippen molar-refractivity contribution in [3.8, 4) is 0 Å². The molecule has 0 aliphatic heterocycles. The van der Waals surface area contributed by atoms with Crippen LogP contribution in [-0.4, -0.2) is 21.8 Å². The minimum atomic E-state index is -4.84.